The van der Waals surface area contributed by atoms with E-state index >= 15 is 4.39 Å². The lowest BCUT2D eigenvalue weighted by molar-refractivity contribution is 0.413. The van der Waals surface area contributed by atoms with Gasteiger partial charge in [0.1, 0.15) is 34.5 Å². The topological polar surface area (TPSA) is 94.0 Å². The molecule has 9 heteroatoms. The molecule has 29 heavy (non-hydrogen) atoms. The Kier molecular flexibility index (Phi) is 4.86. The van der Waals surface area contributed by atoms with Crippen LogP contribution in [-0.2, 0) is 0 Å². The number of halogens is 2. The van der Waals surface area contributed by atoms with Crippen molar-refractivity contribution in [3.8, 4) is 23.1 Å². The third-order valence-electron chi connectivity index (χ3n) is 4.90. The highest BCUT2D eigenvalue weighted by Crippen LogP contribution is 2.36. The van der Waals surface area contributed by atoms with Crippen LogP contribution in [0.25, 0.3) is 22.3 Å². The first-order chi connectivity index (χ1) is 14.0. The maximum atomic E-state index is 15.1. The number of H-pyrrole nitrogens is 1. The van der Waals surface area contributed by atoms with Crippen LogP contribution in [0.5, 0.6) is 5.75 Å². The van der Waals surface area contributed by atoms with E-state index in [0.29, 0.717) is 37.3 Å². The van der Waals surface area contributed by atoms with E-state index < -0.39 is 17.2 Å². The first-order valence-electron chi connectivity index (χ1n) is 9.00. The van der Waals surface area contributed by atoms with Crippen LogP contribution in [0, 0.1) is 23.0 Å². The largest absolute Gasteiger partial charge is 0.496 e. The lowest BCUT2D eigenvalue weighted by Gasteiger charge is -2.30. The second-order valence-corrected chi connectivity index (χ2v) is 6.56. The number of methoxy groups -OCH3 is 1. The Labute approximate surface area is 164 Å². The fourth-order valence-electron chi connectivity index (χ4n) is 3.58. The predicted octanol–water partition coefficient (Wildman–Crippen LogP) is 2.16. The molecule has 2 aromatic heterocycles. The maximum Gasteiger partial charge on any atom is 0.269 e. The molecular weight excluding hydrogens is 380 g/mol. The van der Waals surface area contributed by atoms with E-state index in [1.54, 1.807) is 0 Å². The van der Waals surface area contributed by atoms with Crippen LogP contribution in [0.15, 0.2) is 29.1 Å². The first kappa shape index (κ1) is 18.8. The molecule has 1 saturated heterocycles. The van der Waals surface area contributed by atoms with Gasteiger partial charge in [0, 0.05) is 31.6 Å². The molecule has 7 nitrogen and oxygen atoms in total. The number of hydrogen-bond donors (Lipinski definition) is 2. The van der Waals surface area contributed by atoms with Gasteiger partial charge in [0.05, 0.1) is 18.4 Å². The van der Waals surface area contributed by atoms with Crippen LogP contribution in [0.3, 0.4) is 0 Å². The fraction of sp³-hybridized carbons (Fsp3) is 0.250. The molecule has 3 heterocycles. The van der Waals surface area contributed by atoms with Crippen LogP contribution >= 0.6 is 0 Å². The van der Waals surface area contributed by atoms with E-state index in [4.69, 9.17) is 4.74 Å². The number of nitrogens with zero attached hydrogens (tertiary/aromatic N) is 3. The number of fused-ring (bicyclic) bond motifs is 1. The zero-order chi connectivity index (χ0) is 20.5. The average Bonchev–Trinajstić information content (AvgIpc) is 2.73. The van der Waals surface area contributed by atoms with Crippen molar-refractivity contribution in [2.75, 3.05) is 38.2 Å². The Bertz CT molecular complexity index is 1200. The third kappa shape index (κ3) is 3.17. The molecule has 0 radical (unpaired) electrons. The molecule has 0 saturated carbocycles. The molecule has 2 N–H and O–H groups in total. The van der Waals surface area contributed by atoms with E-state index in [2.05, 4.69) is 15.3 Å². The van der Waals surface area contributed by atoms with Gasteiger partial charge in [-0.05, 0) is 18.2 Å². The number of anilines is 1. The number of hydrogen-bond acceptors (Lipinski definition) is 6. The molecule has 148 valence electrons. The number of nitriles is 1. The summed E-state index contributed by atoms with van der Waals surface area (Å²) >= 11 is 0. The Morgan fingerprint density at radius 3 is 2.69 bits per heavy atom. The molecule has 1 fully saturated rings. The Hall–Kier alpha value is -3.51. The Balaban J connectivity index is 2.01. The smallest absolute Gasteiger partial charge is 0.269 e. The number of rotatable bonds is 3. The van der Waals surface area contributed by atoms with Crippen molar-refractivity contribution in [1.82, 2.24) is 15.3 Å². The van der Waals surface area contributed by atoms with Crippen molar-refractivity contribution >= 4 is 16.7 Å². The molecule has 1 aliphatic rings. The number of aromatic nitrogens is 2. The van der Waals surface area contributed by atoms with Gasteiger partial charge in [0.15, 0.2) is 5.82 Å². The second kappa shape index (κ2) is 7.48. The number of benzene rings is 1. The van der Waals surface area contributed by atoms with Crippen molar-refractivity contribution in [3.05, 3.63) is 51.8 Å². The summed E-state index contributed by atoms with van der Waals surface area (Å²) in [6.45, 7) is 2.44. The standard InChI is InChI=1S/C20H17F2N5O2/c1-29-15-4-2-3-13(21)16(15)17-14(22)9-11-18(27-7-5-24-6-8-27)12(10-23)20(28)26-19(11)25-17/h2-4,9,24H,5-8H2,1H3,(H,25,26,28). The first-order valence-corrected chi connectivity index (χ1v) is 9.00. The lowest BCUT2D eigenvalue weighted by Crippen LogP contribution is -2.44. The molecular formula is C20H17F2N5O2. The highest BCUT2D eigenvalue weighted by Gasteiger charge is 2.24. The number of ether oxygens (including phenoxy) is 1. The Morgan fingerprint density at radius 2 is 2.00 bits per heavy atom. The van der Waals surface area contributed by atoms with E-state index in [1.807, 2.05) is 11.0 Å². The van der Waals surface area contributed by atoms with E-state index in [1.165, 1.54) is 31.4 Å². The quantitative estimate of drug-likeness (QED) is 0.704. The van der Waals surface area contributed by atoms with Gasteiger partial charge in [-0.25, -0.2) is 13.8 Å². The van der Waals surface area contributed by atoms with Crippen LogP contribution in [-0.4, -0.2) is 43.3 Å². The summed E-state index contributed by atoms with van der Waals surface area (Å²) < 4.78 is 34.7. The summed E-state index contributed by atoms with van der Waals surface area (Å²) in [6.07, 6.45) is 0. The van der Waals surface area contributed by atoms with Gasteiger partial charge in [0.2, 0.25) is 0 Å². The van der Waals surface area contributed by atoms with Crippen LogP contribution < -0.4 is 20.5 Å². The number of aromatic amines is 1. The number of pyridine rings is 2. The summed E-state index contributed by atoms with van der Waals surface area (Å²) in [6, 6.07) is 7.21. The highest BCUT2D eigenvalue weighted by atomic mass is 19.1. The summed E-state index contributed by atoms with van der Waals surface area (Å²) in [5.74, 6) is -1.37. The van der Waals surface area contributed by atoms with Gasteiger partial charge in [-0.15, -0.1) is 0 Å². The highest BCUT2D eigenvalue weighted by molar-refractivity contribution is 5.94. The zero-order valence-electron chi connectivity index (χ0n) is 15.6. The molecule has 0 atom stereocenters. The van der Waals surface area contributed by atoms with Gasteiger partial charge in [-0.2, -0.15) is 5.26 Å². The molecule has 0 spiro atoms. The minimum Gasteiger partial charge on any atom is -0.496 e. The predicted molar refractivity (Wildman–Crippen MR) is 104 cm³/mol. The van der Waals surface area contributed by atoms with E-state index in [9.17, 15) is 14.4 Å². The molecule has 1 aliphatic heterocycles. The summed E-state index contributed by atoms with van der Waals surface area (Å²) in [5, 5.41) is 13.0. The summed E-state index contributed by atoms with van der Waals surface area (Å²) in [7, 11) is 1.35. The summed E-state index contributed by atoms with van der Waals surface area (Å²) in [4.78, 5) is 21.1. The van der Waals surface area contributed by atoms with Crippen molar-refractivity contribution in [3.63, 3.8) is 0 Å². The lowest BCUT2D eigenvalue weighted by atomic mass is 10.1. The molecule has 0 unspecified atom stereocenters. The number of piperazine rings is 1. The third-order valence-corrected chi connectivity index (χ3v) is 4.90. The average molecular weight is 397 g/mol. The minimum absolute atomic E-state index is 0.0734. The molecule has 0 bridgehead atoms. The molecule has 4 rings (SSSR count). The maximum absolute atomic E-state index is 15.1. The monoisotopic (exact) mass is 397 g/mol. The molecule has 3 aromatic rings. The van der Waals surface area contributed by atoms with Gasteiger partial charge in [-0.1, -0.05) is 6.07 Å². The van der Waals surface area contributed by atoms with Gasteiger partial charge in [0.25, 0.3) is 5.56 Å². The van der Waals surface area contributed by atoms with Gasteiger partial charge < -0.3 is 19.9 Å². The fourth-order valence-corrected chi connectivity index (χ4v) is 3.58. The van der Waals surface area contributed by atoms with Crippen LogP contribution in [0.2, 0.25) is 0 Å². The number of nitrogens with one attached hydrogen (secondary N) is 2. The van der Waals surface area contributed by atoms with Gasteiger partial charge >= 0.3 is 0 Å². The van der Waals surface area contributed by atoms with Crippen LogP contribution in [0.4, 0.5) is 14.5 Å². The van der Waals surface area contributed by atoms with Crippen molar-refractivity contribution in [1.29, 1.82) is 5.26 Å². The van der Waals surface area contributed by atoms with Crippen LogP contribution in [0.1, 0.15) is 5.56 Å². The van der Waals surface area contributed by atoms with E-state index in [0.717, 1.165) is 0 Å². The SMILES string of the molecule is COc1cccc(F)c1-c1nc2[nH]c(=O)c(C#N)c(N3CCNCC3)c2cc1F. The van der Waals surface area contributed by atoms with E-state index in [-0.39, 0.29) is 28.2 Å². The summed E-state index contributed by atoms with van der Waals surface area (Å²) in [5.41, 5.74) is -0.728. The van der Waals surface area contributed by atoms with Gasteiger partial charge in [-0.3, -0.25) is 4.79 Å². The van der Waals surface area contributed by atoms with Crippen molar-refractivity contribution in [2.45, 2.75) is 0 Å². The van der Waals surface area contributed by atoms with Crippen molar-refractivity contribution in [2.24, 2.45) is 0 Å². The normalized spacial score (nSPS) is 14.1. The second-order valence-electron chi connectivity index (χ2n) is 6.56. The minimum atomic E-state index is -0.784. The zero-order valence-corrected chi connectivity index (χ0v) is 15.6. The van der Waals surface area contributed by atoms with Crippen molar-refractivity contribution < 1.29 is 13.5 Å². The molecule has 1 aromatic carbocycles. The Morgan fingerprint density at radius 1 is 1.24 bits per heavy atom. The molecule has 0 aliphatic carbocycles. The molecule has 0 amide bonds.